The van der Waals surface area contributed by atoms with Crippen molar-refractivity contribution in [3.8, 4) is 11.6 Å². The Morgan fingerprint density at radius 2 is 1.74 bits per heavy atom. The molecular formula is C26H39ClFN5O5. The zero-order valence-corrected chi connectivity index (χ0v) is 23.8. The van der Waals surface area contributed by atoms with Crippen molar-refractivity contribution < 1.29 is 29.2 Å². The first-order chi connectivity index (χ1) is 18.2. The zero-order valence-electron chi connectivity index (χ0n) is 23.0. The summed E-state index contributed by atoms with van der Waals surface area (Å²) in [4.78, 5) is 6.18. The molecule has 1 aliphatic heterocycles. The lowest BCUT2D eigenvalue weighted by Crippen LogP contribution is -2.31. The lowest BCUT2D eigenvalue weighted by Gasteiger charge is -2.20. The van der Waals surface area contributed by atoms with Gasteiger partial charge < -0.3 is 25.0 Å². The Bertz CT molecular complexity index is 1090. The molecule has 0 aliphatic carbocycles. The fourth-order valence-electron chi connectivity index (χ4n) is 3.69. The number of anilines is 1. The molecule has 3 N–H and O–H groups in total. The number of pyridine rings is 1. The van der Waals surface area contributed by atoms with Gasteiger partial charge in [0, 0.05) is 30.1 Å². The van der Waals surface area contributed by atoms with Crippen molar-refractivity contribution in [2.24, 2.45) is 0 Å². The minimum absolute atomic E-state index is 0.0573. The second-order valence-corrected chi connectivity index (χ2v) is 7.68. The molecule has 3 heterocycles. The molecule has 0 spiro atoms. The smallest absolute Gasteiger partial charge is 0.405 e. The van der Waals surface area contributed by atoms with Gasteiger partial charge in [-0.25, -0.2) is 9.37 Å². The van der Waals surface area contributed by atoms with Crippen LogP contribution in [0.2, 0.25) is 5.02 Å². The molecule has 1 aliphatic rings. The maximum Gasteiger partial charge on any atom is 0.405 e. The summed E-state index contributed by atoms with van der Waals surface area (Å²) >= 11 is 6.25. The van der Waals surface area contributed by atoms with E-state index in [0.29, 0.717) is 35.6 Å². The van der Waals surface area contributed by atoms with E-state index in [1.165, 1.54) is 19.2 Å². The molecule has 1 aromatic carbocycles. The molecule has 0 radical (unpaired) electrons. The van der Waals surface area contributed by atoms with Crippen molar-refractivity contribution in [2.45, 2.75) is 66.6 Å². The van der Waals surface area contributed by atoms with Crippen LogP contribution < -0.4 is 9.64 Å². The van der Waals surface area contributed by atoms with Crippen molar-refractivity contribution in [3.05, 3.63) is 58.8 Å². The molecule has 1 unspecified atom stereocenters. The number of methoxy groups -OCH3 is 1. The Morgan fingerprint density at radius 1 is 1.05 bits per heavy atom. The molecule has 3 aromatic rings. The Balaban J connectivity index is 0.00000112. The van der Waals surface area contributed by atoms with Crippen LogP contribution in [0.5, 0.6) is 5.88 Å². The number of aromatic nitrogens is 4. The van der Waals surface area contributed by atoms with Gasteiger partial charge in [0.15, 0.2) is 5.82 Å². The summed E-state index contributed by atoms with van der Waals surface area (Å²) in [5.41, 5.74) is 1.43. The predicted octanol–water partition coefficient (Wildman–Crippen LogP) is 4.64. The van der Waals surface area contributed by atoms with Crippen LogP contribution in [0.4, 0.5) is 10.3 Å². The van der Waals surface area contributed by atoms with Crippen LogP contribution in [0.1, 0.15) is 65.3 Å². The SMILES string of the molecule is CC.CC.CC.COc1ccc(-n2c(COC(O)(O)O)nnc2N2CCC(c3ccc(F)cc3Cl)C2)cn1. The molecule has 212 valence electrons. The quantitative estimate of drug-likeness (QED) is 0.357. The van der Waals surface area contributed by atoms with E-state index in [4.69, 9.17) is 31.7 Å². The largest absolute Gasteiger partial charge is 0.481 e. The minimum Gasteiger partial charge on any atom is -0.481 e. The number of hydrogen-bond acceptors (Lipinski definition) is 9. The summed E-state index contributed by atoms with van der Waals surface area (Å²) in [5, 5.41) is 36.0. The molecule has 0 bridgehead atoms. The van der Waals surface area contributed by atoms with Gasteiger partial charge in [-0.3, -0.25) is 9.30 Å². The first-order valence-electron chi connectivity index (χ1n) is 12.7. The molecular weight excluding hydrogens is 517 g/mol. The molecule has 0 saturated carbocycles. The van der Waals surface area contributed by atoms with Crippen LogP contribution in [0.25, 0.3) is 5.69 Å². The van der Waals surface area contributed by atoms with Gasteiger partial charge in [-0.05, 0) is 30.2 Å². The van der Waals surface area contributed by atoms with Crippen molar-refractivity contribution >= 4 is 17.5 Å². The van der Waals surface area contributed by atoms with Crippen LogP contribution in [0.15, 0.2) is 36.5 Å². The van der Waals surface area contributed by atoms with E-state index in [1.807, 2.05) is 46.4 Å². The van der Waals surface area contributed by atoms with E-state index < -0.39 is 18.6 Å². The van der Waals surface area contributed by atoms with Crippen molar-refractivity contribution in [2.75, 3.05) is 25.1 Å². The Labute approximate surface area is 228 Å². The van der Waals surface area contributed by atoms with E-state index in [-0.39, 0.29) is 11.7 Å². The summed E-state index contributed by atoms with van der Waals surface area (Å²) in [7, 11) is 1.50. The van der Waals surface area contributed by atoms with E-state index >= 15 is 0 Å². The number of rotatable bonds is 7. The average Bonchev–Trinajstić information content (AvgIpc) is 3.58. The van der Waals surface area contributed by atoms with Crippen molar-refractivity contribution in [1.29, 1.82) is 0 Å². The molecule has 0 amide bonds. The highest BCUT2D eigenvalue weighted by atomic mass is 35.5. The standard InChI is InChI=1S/C20H21ClFN5O5.3C2H6/c1-31-18-5-3-14(9-23-18)27-17(11-32-20(28,29)30)24-25-19(27)26-7-6-12(10-26)15-4-2-13(22)8-16(15)21;3*1-2/h2-5,8-9,12,28-30H,6-7,10-11H2,1H3;3*1-2H3. The van der Waals surface area contributed by atoms with Gasteiger partial charge >= 0.3 is 6.16 Å². The summed E-state index contributed by atoms with van der Waals surface area (Å²) in [6, 6.07) is 7.76. The first-order valence-corrected chi connectivity index (χ1v) is 13.1. The number of nitrogens with zero attached hydrogens (tertiary/aromatic N) is 5. The minimum atomic E-state index is -3.31. The van der Waals surface area contributed by atoms with Gasteiger partial charge in [-0.1, -0.05) is 59.2 Å². The van der Waals surface area contributed by atoms with Gasteiger partial charge in [0.1, 0.15) is 12.4 Å². The molecule has 1 saturated heterocycles. The highest BCUT2D eigenvalue weighted by Crippen LogP contribution is 2.35. The van der Waals surface area contributed by atoms with Gasteiger partial charge in [0.25, 0.3) is 0 Å². The molecule has 2 aromatic heterocycles. The summed E-state index contributed by atoms with van der Waals surface area (Å²) in [6.07, 6.45) is -1.01. The third kappa shape index (κ3) is 8.88. The van der Waals surface area contributed by atoms with Crippen LogP contribution in [-0.2, 0) is 11.3 Å². The summed E-state index contributed by atoms with van der Waals surface area (Å²) in [6.45, 7) is 12.7. The second-order valence-electron chi connectivity index (χ2n) is 7.27. The van der Waals surface area contributed by atoms with E-state index in [2.05, 4.69) is 19.9 Å². The van der Waals surface area contributed by atoms with Crippen molar-refractivity contribution in [3.63, 3.8) is 0 Å². The monoisotopic (exact) mass is 555 g/mol. The highest BCUT2D eigenvalue weighted by Gasteiger charge is 2.31. The third-order valence-corrected chi connectivity index (χ3v) is 5.50. The van der Waals surface area contributed by atoms with Crippen LogP contribution in [-0.4, -0.2) is 61.4 Å². The number of benzene rings is 1. The normalized spacial score (nSPS) is 14.4. The maximum absolute atomic E-state index is 13.4. The Morgan fingerprint density at radius 3 is 2.29 bits per heavy atom. The van der Waals surface area contributed by atoms with Crippen LogP contribution in [0, 0.1) is 5.82 Å². The maximum atomic E-state index is 13.4. The number of ether oxygens (including phenoxy) is 2. The average molecular weight is 556 g/mol. The lowest BCUT2D eigenvalue weighted by atomic mass is 9.98. The predicted molar refractivity (Wildman–Crippen MR) is 145 cm³/mol. The molecule has 12 heteroatoms. The van der Waals surface area contributed by atoms with Crippen LogP contribution in [0.3, 0.4) is 0 Å². The third-order valence-electron chi connectivity index (χ3n) is 5.17. The van der Waals surface area contributed by atoms with E-state index in [1.54, 1.807) is 29.0 Å². The number of hydrogen-bond donors (Lipinski definition) is 3. The van der Waals surface area contributed by atoms with Gasteiger partial charge in [-0.15, -0.1) is 10.2 Å². The van der Waals surface area contributed by atoms with Gasteiger partial charge in [-0.2, -0.15) is 0 Å². The highest BCUT2D eigenvalue weighted by molar-refractivity contribution is 6.31. The lowest BCUT2D eigenvalue weighted by molar-refractivity contribution is -0.459. The molecule has 1 atom stereocenters. The topological polar surface area (TPSA) is 126 Å². The van der Waals surface area contributed by atoms with E-state index in [0.717, 1.165) is 12.0 Å². The van der Waals surface area contributed by atoms with Crippen LogP contribution >= 0.6 is 11.6 Å². The number of halogens is 2. The summed E-state index contributed by atoms with van der Waals surface area (Å²) < 4.78 is 24.8. The fraction of sp³-hybridized carbons (Fsp3) is 0.500. The zero-order chi connectivity index (χ0) is 28.9. The molecule has 4 rings (SSSR count). The molecule has 1 fully saturated rings. The van der Waals surface area contributed by atoms with Crippen molar-refractivity contribution in [1.82, 2.24) is 19.7 Å². The Hall–Kier alpha value is -2.83. The second kappa shape index (κ2) is 16.2. The van der Waals surface area contributed by atoms with E-state index in [9.17, 15) is 4.39 Å². The first kappa shape index (κ1) is 33.2. The molecule has 10 nitrogen and oxygen atoms in total. The van der Waals surface area contributed by atoms with Gasteiger partial charge in [0.05, 0.1) is 19.0 Å². The van der Waals surface area contributed by atoms with Gasteiger partial charge in [0.2, 0.25) is 11.8 Å². The summed E-state index contributed by atoms with van der Waals surface area (Å²) in [5.74, 6) is 0.751. The fourth-order valence-corrected chi connectivity index (χ4v) is 4.01. The molecule has 38 heavy (non-hydrogen) atoms. The number of aliphatic hydroxyl groups is 3. The Kier molecular flexibility index (Phi) is 14.2.